The van der Waals surface area contributed by atoms with Crippen LogP contribution in [0.2, 0.25) is 0 Å². The third kappa shape index (κ3) is 5.05. The maximum atomic E-state index is 2.46. The Morgan fingerprint density at radius 3 is 1.36 bits per heavy atom. The number of hydrogen-bond acceptors (Lipinski definition) is 0. The van der Waals surface area contributed by atoms with Gasteiger partial charge in [-0.25, -0.2) is 0 Å². The molecule has 270 valence electrons. The van der Waals surface area contributed by atoms with Gasteiger partial charge in [-0.15, -0.1) is 0 Å². The van der Waals surface area contributed by atoms with Crippen LogP contribution in [0.4, 0.5) is 0 Å². The molecule has 0 N–H and O–H groups in total. The topological polar surface area (TPSA) is 9.86 Å². The van der Waals surface area contributed by atoms with Crippen molar-refractivity contribution in [1.29, 1.82) is 0 Å². The predicted octanol–water partition coefficient (Wildman–Crippen LogP) is 15.2. The lowest BCUT2D eigenvalue weighted by atomic mass is 9.97. The van der Waals surface area contributed by atoms with Crippen LogP contribution >= 0.6 is 0 Å². The highest BCUT2D eigenvalue weighted by Gasteiger charge is 2.18. The van der Waals surface area contributed by atoms with Crippen LogP contribution in [0.25, 0.3) is 110 Å². The van der Waals surface area contributed by atoms with Crippen LogP contribution < -0.4 is 0 Å². The molecule has 0 aliphatic heterocycles. The van der Waals surface area contributed by atoms with Gasteiger partial charge in [-0.3, -0.25) is 0 Å². The molecule has 2 heterocycles. The van der Waals surface area contributed by atoms with E-state index in [1.165, 1.54) is 104 Å². The third-order valence-electron chi connectivity index (χ3n) is 12.1. The lowest BCUT2D eigenvalue weighted by molar-refractivity contribution is 1.18. The molecule has 0 saturated carbocycles. The second-order valence-electron chi connectivity index (χ2n) is 15.3. The lowest BCUT2D eigenvalue weighted by Gasteiger charge is -2.14. The Hall–Kier alpha value is -7.68. The largest absolute Gasteiger partial charge is 0.309 e. The molecule has 0 radical (unpaired) electrons. The average Bonchev–Trinajstić information content (AvgIpc) is 3.81. The zero-order valence-corrected chi connectivity index (χ0v) is 31.7. The molecule has 0 aliphatic rings. The Kier molecular flexibility index (Phi) is 7.26. The Balaban J connectivity index is 0.984. The summed E-state index contributed by atoms with van der Waals surface area (Å²) >= 11 is 0. The summed E-state index contributed by atoms with van der Waals surface area (Å²) in [5, 5.41) is 10.0. The maximum absolute atomic E-state index is 2.46. The fraction of sp³-hybridized carbons (Fsp3) is 0. The molecule has 12 rings (SSSR count). The van der Waals surface area contributed by atoms with Crippen LogP contribution in [-0.2, 0) is 0 Å². The van der Waals surface area contributed by atoms with E-state index in [2.05, 4.69) is 228 Å². The molecule has 0 unspecified atom stereocenters. The number of hydrogen-bond donors (Lipinski definition) is 0. The summed E-state index contributed by atoms with van der Waals surface area (Å²) in [4.78, 5) is 0. The zero-order valence-electron chi connectivity index (χ0n) is 31.7. The van der Waals surface area contributed by atoms with Crippen molar-refractivity contribution >= 4 is 65.2 Å². The van der Waals surface area contributed by atoms with Gasteiger partial charge in [-0.1, -0.05) is 158 Å². The summed E-state index contributed by atoms with van der Waals surface area (Å²) in [6, 6.07) is 79.9. The smallest absolute Gasteiger partial charge is 0.0541 e. The fourth-order valence-corrected chi connectivity index (χ4v) is 9.36. The summed E-state index contributed by atoms with van der Waals surface area (Å²) in [5.41, 5.74) is 14.5. The number of para-hydroxylation sites is 2. The molecule has 0 amide bonds. The van der Waals surface area contributed by atoms with Gasteiger partial charge < -0.3 is 9.13 Å². The van der Waals surface area contributed by atoms with Crippen LogP contribution in [0.3, 0.4) is 0 Å². The van der Waals surface area contributed by atoms with E-state index in [4.69, 9.17) is 0 Å². The van der Waals surface area contributed by atoms with E-state index in [1.54, 1.807) is 0 Å². The van der Waals surface area contributed by atoms with Gasteiger partial charge in [-0.05, 0) is 110 Å². The molecule has 0 aliphatic carbocycles. The molecule has 2 nitrogen and oxygen atoms in total. The third-order valence-corrected chi connectivity index (χ3v) is 12.1. The number of aromatic nitrogens is 2. The normalized spacial score (nSPS) is 11.8. The molecule has 0 saturated heterocycles. The van der Waals surface area contributed by atoms with Crippen molar-refractivity contribution in [3.8, 4) is 44.8 Å². The van der Waals surface area contributed by atoms with Crippen molar-refractivity contribution in [3.05, 3.63) is 218 Å². The summed E-state index contributed by atoms with van der Waals surface area (Å²) in [6.45, 7) is 0. The minimum Gasteiger partial charge on any atom is -0.309 e. The Bertz CT molecular complexity index is 3530. The van der Waals surface area contributed by atoms with Crippen LogP contribution in [-0.4, -0.2) is 9.13 Å². The van der Waals surface area contributed by atoms with Gasteiger partial charge >= 0.3 is 0 Å². The van der Waals surface area contributed by atoms with Gasteiger partial charge in [0.1, 0.15) is 0 Å². The molecule has 2 aromatic heterocycles. The molecule has 12 aromatic rings. The first kappa shape index (κ1) is 32.6. The monoisotopic (exact) mass is 736 g/mol. The van der Waals surface area contributed by atoms with Crippen LogP contribution in [0.5, 0.6) is 0 Å². The van der Waals surface area contributed by atoms with Crippen molar-refractivity contribution in [1.82, 2.24) is 9.13 Å². The number of nitrogens with zero attached hydrogens (tertiary/aromatic N) is 2. The summed E-state index contributed by atoms with van der Waals surface area (Å²) < 4.78 is 4.86. The van der Waals surface area contributed by atoms with Crippen molar-refractivity contribution < 1.29 is 0 Å². The molecule has 10 aromatic carbocycles. The molecule has 0 fully saturated rings. The molecule has 0 bridgehead atoms. The second kappa shape index (κ2) is 12.9. The standard InChI is InChI=1S/C56H36N2/c1-3-12-37(13-4-1)39-22-28-44(29-23-39)57-52-19-9-7-16-47(52)50-35-41(26-32-55(50)57)42-27-33-56-51(36-42)48-17-8-10-20-53(48)58(56)54-21-11-18-46-45-30-24-40(38-14-5-2-6-15-38)34-43(45)25-31-49(46)54/h1-36H. The number of rotatable bonds is 5. The number of fused-ring (bicyclic) bond motifs is 9. The number of benzene rings is 10. The Labute approximate surface area is 336 Å². The minimum absolute atomic E-state index is 1.16. The van der Waals surface area contributed by atoms with E-state index in [0.717, 1.165) is 5.69 Å². The molecule has 0 atom stereocenters. The van der Waals surface area contributed by atoms with Gasteiger partial charge in [0.05, 0.1) is 27.8 Å². The van der Waals surface area contributed by atoms with Crippen LogP contribution in [0, 0.1) is 0 Å². The van der Waals surface area contributed by atoms with Crippen molar-refractivity contribution in [3.63, 3.8) is 0 Å². The predicted molar refractivity (Wildman–Crippen MR) is 246 cm³/mol. The molecule has 0 spiro atoms. The minimum atomic E-state index is 1.16. The fourth-order valence-electron chi connectivity index (χ4n) is 9.36. The highest BCUT2D eigenvalue weighted by molar-refractivity contribution is 6.15. The van der Waals surface area contributed by atoms with E-state index in [9.17, 15) is 0 Å². The first-order valence-electron chi connectivity index (χ1n) is 20.0. The van der Waals surface area contributed by atoms with Crippen molar-refractivity contribution in [2.75, 3.05) is 0 Å². The van der Waals surface area contributed by atoms with Gasteiger partial charge in [0.25, 0.3) is 0 Å². The van der Waals surface area contributed by atoms with Crippen molar-refractivity contribution in [2.24, 2.45) is 0 Å². The van der Waals surface area contributed by atoms with E-state index in [1.807, 2.05) is 0 Å². The quantitative estimate of drug-likeness (QED) is 0.156. The van der Waals surface area contributed by atoms with Crippen molar-refractivity contribution in [2.45, 2.75) is 0 Å². The van der Waals surface area contributed by atoms with Crippen LogP contribution in [0.1, 0.15) is 0 Å². The zero-order chi connectivity index (χ0) is 38.2. The van der Waals surface area contributed by atoms with E-state index in [0.29, 0.717) is 0 Å². The second-order valence-corrected chi connectivity index (χ2v) is 15.3. The summed E-state index contributed by atoms with van der Waals surface area (Å²) in [5.74, 6) is 0. The van der Waals surface area contributed by atoms with E-state index in [-0.39, 0.29) is 0 Å². The van der Waals surface area contributed by atoms with Gasteiger partial charge in [0.2, 0.25) is 0 Å². The van der Waals surface area contributed by atoms with Gasteiger partial charge in [-0.2, -0.15) is 0 Å². The molecular formula is C56H36N2. The first-order chi connectivity index (χ1) is 28.8. The van der Waals surface area contributed by atoms with Gasteiger partial charge in [0.15, 0.2) is 0 Å². The van der Waals surface area contributed by atoms with Gasteiger partial charge in [0, 0.05) is 32.6 Å². The van der Waals surface area contributed by atoms with Crippen LogP contribution in [0.15, 0.2) is 218 Å². The summed E-state index contributed by atoms with van der Waals surface area (Å²) in [6.07, 6.45) is 0. The summed E-state index contributed by atoms with van der Waals surface area (Å²) in [7, 11) is 0. The van der Waals surface area contributed by atoms with E-state index >= 15 is 0 Å². The molecule has 58 heavy (non-hydrogen) atoms. The first-order valence-corrected chi connectivity index (χ1v) is 20.0. The average molecular weight is 737 g/mol. The molecule has 2 heteroatoms. The highest BCUT2D eigenvalue weighted by atomic mass is 15.0. The lowest BCUT2D eigenvalue weighted by Crippen LogP contribution is -1.95. The SMILES string of the molecule is c1ccc(-c2ccc(-n3c4ccccc4c4cc(-c5ccc6c(c5)c5ccccc5n6-c5cccc6c5ccc5cc(-c7ccccc7)ccc56)ccc43)cc2)cc1. The molecular weight excluding hydrogens is 701 g/mol. The highest BCUT2D eigenvalue weighted by Crippen LogP contribution is 2.40. The maximum Gasteiger partial charge on any atom is 0.0541 e. The Morgan fingerprint density at radius 1 is 0.224 bits per heavy atom. The Morgan fingerprint density at radius 2 is 0.690 bits per heavy atom. The van der Waals surface area contributed by atoms with E-state index < -0.39 is 0 Å².